The average Bonchev–Trinajstić information content (AvgIpc) is 2.48. The number of nitriles is 1. The fourth-order valence-electron chi connectivity index (χ4n) is 1.66. The number of anilines is 3. The Hall–Kier alpha value is -2.70. The largest absolute Gasteiger partial charge is 0.382 e. The normalized spacial score (nSPS) is 10.9. The average molecular weight is 318 g/mol. The monoisotopic (exact) mass is 318 g/mol. The van der Waals surface area contributed by atoms with Crippen molar-refractivity contribution in [1.29, 1.82) is 5.26 Å². The van der Waals surface area contributed by atoms with Gasteiger partial charge in [0, 0.05) is 12.2 Å². The third-order valence-corrected chi connectivity index (χ3v) is 4.26. The molecule has 0 amide bonds. The van der Waals surface area contributed by atoms with Crippen LogP contribution in [-0.2, 0) is 10.0 Å². The third kappa shape index (κ3) is 3.49. The first kappa shape index (κ1) is 15.7. The minimum Gasteiger partial charge on any atom is -0.382 e. The van der Waals surface area contributed by atoms with Crippen molar-refractivity contribution in [3.63, 3.8) is 0 Å². The van der Waals surface area contributed by atoms with Gasteiger partial charge in [-0.25, -0.2) is 18.1 Å². The van der Waals surface area contributed by atoms with Gasteiger partial charge in [-0.2, -0.15) is 10.2 Å². The van der Waals surface area contributed by atoms with Gasteiger partial charge in [0.15, 0.2) is 0 Å². The first-order valence-corrected chi connectivity index (χ1v) is 7.84. The Morgan fingerprint density at radius 3 is 2.55 bits per heavy atom. The Morgan fingerprint density at radius 1 is 1.32 bits per heavy atom. The lowest BCUT2D eigenvalue weighted by Gasteiger charge is -2.08. The first-order valence-electron chi connectivity index (χ1n) is 6.35. The molecule has 0 bridgehead atoms. The summed E-state index contributed by atoms with van der Waals surface area (Å²) in [5, 5.41) is 11.6. The number of sulfonamides is 1. The Kier molecular flexibility index (Phi) is 4.55. The SMILES string of the molecule is CCNS(=O)(=O)c1ccc(Nc2ncc(C#N)c(N)n2)cc1. The molecule has 0 unspecified atom stereocenters. The number of aromatic nitrogens is 2. The maximum absolute atomic E-state index is 11.8. The highest BCUT2D eigenvalue weighted by atomic mass is 32.2. The Bertz CT molecular complexity index is 811. The van der Waals surface area contributed by atoms with Crippen LogP contribution in [0.5, 0.6) is 0 Å². The Labute approximate surface area is 128 Å². The molecule has 1 aromatic carbocycles. The standard InChI is InChI=1S/C13H14N6O2S/c1-2-17-22(20,21)11-5-3-10(4-6-11)18-13-16-8-9(7-14)12(15)19-13/h3-6,8,17H,2H2,1H3,(H3,15,16,18,19). The summed E-state index contributed by atoms with van der Waals surface area (Å²) in [6.45, 7) is 2.03. The fraction of sp³-hybridized carbons (Fsp3) is 0.154. The molecule has 0 aliphatic rings. The van der Waals surface area contributed by atoms with Gasteiger partial charge in [-0.1, -0.05) is 6.92 Å². The van der Waals surface area contributed by atoms with Crippen LogP contribution in [0, 0.1) is 11.3 Å². The molecule has 0 saturated heterocycles. The van der Waals surface area contributed by atoms with Crippen molar-refractivity contribution in [1.82, 2.24) is 14.7 Å². The predicted octanol–water partition coefficient (Wildman–Crippen LogP) is 0.972. The van der Waals surface area contributed by atoms with Gasteiger partial charge in [-0.15, -0.1) is 0 Å². The van der Waals surface area contributed by atoms with Crippen LogP contribution >= 0.6 is 0 Å². The van der Waals surface area contributed by atoms with Gasteiger partial charge < -0.3 is 11.1 Å². The number of nitrogens with two attached hydrogens (primary N) is 1. The van der Waals surface area contributed by atoms with Crippen molar-refractivity contribution in [2.24, 2.45) is 0 Å². The number of hydrogen-bond donors (Lipinski definition) is 3. The minimum atomic E-state index is -3.48. The van der Waals surface area contributed by atoms with Crippen molar-refractivity contribution in [2.75, 3.05) is 17.6 Å². The van der Waals surface area contributed by atoms with Gasteiger partial charge in [-0.05, 0) is 24.3 Å². The van der Waals surface area contributed by atoms with E-state index in [0.29, 0.717) is 12.2 Å². The molecule has 2 rings (SSSR count). The molecule has 8 nitrogen and oxygen atoms in total. The lowest BCUT2D eigenvalue weighted by molar-refractivity contribution is 0.584. The molecule has 0 spiro atoms. The van der Waals surface area contributed by atoms with Crippen LogP contribution in [0.15, 0.2) is 35.4 Å². The van der Waals surface area contributed by atoms with Crippen molar-refractivity contribution in [3.05, 3.63) is 36.0 Å². The van der Waals surface area contributed by atoms with E-state index in [4.69, 9.17) is 11.0 Å². The van der Waals surface area contributed by atoms with Crippen LogP contribution in [0.2, 0.25) is 0 Å². The van der Waals surface area contributed by atoms with Crippen LogP contribution in [0.3, 0.4) is 0 Å². The van der Waals surface area contributed by atoms with E-state index in [9.17, 15) is 8.42 Å². The number of benzene rings is 1. The molecule has 22 heavy (non-hydrogen) atoms. The molecule has 0 saturated carbocycles. The van der Waals surface area contributed by atoms with Crippen LogP contribution in [0.1, 0.15) is 12.5 Å². The molecule has 9 heteroatoms. The zero-order valence-corrected chi connectivity index (χ0v) is 12.6. The van der Waals surface area contributed by atoms with E-state index in [1.807, 2.05) is 6.07 Å². The second-order valence-corrected chi connectivity index (χ2v) is 6.02. The second kappa shape index (κ2) is 6.38. The van der Waals surface area contributed by atoms with E-state index in [1.165, 1.54) is 18.3 Å². The maximum Gasteiger partial charge on any atom is 0.240 e. The molecule has 1 aromatic heterocycles. The Balaban J connectivity index is 2.19. The molecule has 114 valence electrons. The first-order chi connectivity index (χ1) is 10.5. The summed E-state index contributed by atoms with van der Waals surface area (Å²) < 4.78 is 26.0. The zero-order chi connectivity index (χ0) is 16.2. The molecule has 0 aliphatic carbocycles. The summed E-state index contributed by atoms with van der Waals surface area (Å²) in [5.74, 6) is 0.296. The molecular formula is C13H14N6O2S. The quantitative estimate of drug-likeness (QED) is 0.747. The van der Waals surface area contributed by atoms with E-state index in [0.717, 1.165) is 0 Å². The smallest absolute Gasteiger partial charge is 0.240 e. The third-order valence-electron chi connectivity index (χ3n) is 2.69. The number of nitrogen functional groups attached to an aromatic ring is 1. The summed E-state index contributed by atoms with van der Waals surface area (Å²) in [4.78, 5) is 8.06. The molecule has 0 radical (unpaired) electrons. The van der Waals surface area contributed by atoms with E-state index in [1.54, 1.807) is 19.1 Å². The lowest BCUT2D eigenvalue weighted by Crippen LogP contribution is -2.22. The summed E-state index contributed by atoms with van der Waals surface area (Å²) in [5.41, 5.74) is 6.39. The summed E-state index contributed by atoms with van der Waals surface area (Å²) in [6.07, 6.45) is 1.31. The second-order valence-electron chi connectivity index (χ2n) is 4.26. The highest BCUT2D eigenvalue weighted by Crippen LogP contribution is 2.17. The van der Waals surface area contributed by atoms with Crippen molar-refractivity contribution < 1.29 is 8.42 Å². The molecule has 0 fully saturated rings. The van der Waals surface area contributed by atoms with E-state index < -0.39 is 10.0 Å². The fourth-order valence-corrected chi connectivity index (χ4v) is 2.70. The van der Waals surface area contributed by atoms with Gasteiger partial charge in [0.05, 0.1) is 11.1 Å². The number of hydrogen-bond acceptors (Lipinski definition) is 7. The molecule has 0 atom stereocenters. The Morgan fingerprint density at radius 2 is 2.00 bits per heavy atom. The van der Waals surface area contributed by atoms with E-state index in [-0.39, 0.29) is 22.2 Å². The van der Waals surface area contributed by atoms with Crippen LogP contribution < -0.4 is 15.8 Å². The van der Waals surface area contributed by atoms with Gasteiger partial charge in [0.2, 0.25) is 16.0 Å². The van der Waals surface area contributed by atoms with Gasteiger partial charge in [0.1, 0.15) is 17.5 Å². The zero-order valence-electron chi connectivity index (χ0n) is 11.7. The molecule has 2 aromatic rings. The van der Waals surface area contributed by atoms with E-state index in [2.05, 4.69) is 20.0 Å². The van der Waals surface area contributed by atoms with Crippen molar-refractivity contribution in [2.45, 2.75) is 11.8 Å². The van der Waals surface area contributed by atoms with Gasteiger partial charge in [-0.3, -0.25) is 0 Å². The van der Waals surface area contributed by atoms with Crippen LogP contribution in [0.4, 0.5) is 17.5 Å². The van der Waals surface area contributed by atoms with Crippen molar-refractivity contribution >= 4 is 27.5 Å². The molecule has 1 heterocycles. The van der Waals surface area contributed by atoms with Gasteiger partial charge >= 0.3 is 0 Å². The minimum absolute atomic E-state index is 0.0753. The molecule has 4 N–H and O–H groups in total. The number of rotatable bonds is 5. The number of nitrogens with zero attached hydrogens (tertiary/aromatic N) is 3. The highest BCUT2D eigenvalue weighted by molar-refractivity contribution is 7.89. The van der Waals surface area contributed by atoms with Gasteiger partial charge in [0.25, 0.3) is 0 Å². The van der Waals surface area contributed by atoms with Crippen LogP contribution in [-0.4, -0.2) is 24.9 Å². The molecule has 0 aliphatic heterocycles. The van der Waals surface area contributed by atoms with Crippen LogP contribution in [0.25, 0.3) is 0 Å². The van der Waals surface area contributed by atoms with Crippen molar-refractivity contribution in [3.8, 4) is 6.07 Å². The lowest BCUT2D eigenvalue weighted by atomic mass is 10.3. The number of nitrogens with one attached hydrogen (secondary N) is 2. The van der Waals surface area contributed by atoms with E-state index >= 15 is 0 Å². The topological polar surface area (TPSA) is 134 Å². The molecular weight excluding hydrogens is 304 g/mol. The summed E-state index contributed by atoms with van der Waals surface area (Å²) >= 11 is 0. The maximum atomic E-state index is 11.8. The summed E-state index contributed by atoms with van der Waals surface area (Å²) in [6, 6.07) is 7.97. The predicted molar refractivity (Wildman–Crippen MR) is 81.7 cm³/mol. The summed E-state index contributed by atoms with van der Waals surface area (Å²) in [7, 11) is -3.48. The highest BCUT2D eigenvalue weighted by Gasteiger charge is 2.12.